The molecule has 1 heterocycles. The molecule has 0 N–H and O–H groups in total. The van der Waals surface area contributed by atoms with Crippen LogP contribution in [0.4, 0.5) is 0 Å². The van der Waals surface area contributed by atoms with Gasteiger partial charge in [0.25, 0.3) is 0 Å². The zero-order valence-corrected chi connectivity index (χ0v) is 8.88. The van der Waals surface area contributed by atoms with Gasteiger partial charge in [-0.2, -0.15) is 5.10 Å². The number of aromatic nitrogens is 2. The van der Waals surface area contributed by atoms with E-state index in [1.54, 1.807) is 0 Å². The number of nitrogens with zero attached hydrogens (tertiary/aromatic N) is 2. The number of halogens is 1. The van der Waals surface area contributed by atoms with Gasteiger partial charge in [-0.15, -0.1) is 0 Å². The third-order valence-corrected chi connectivity index (χ3v) is 2.18. The quantitative estimate of drug-likeness (QED) is 0.728. The fourth-order valence-electron chi connectivity index (χ4n) is 1.27. The Balaban J connectivity index is 2.83. The molecule has 0 spiro atoms. The smallest absolute Gasteiger partial charge is 0.0624 e. The molecule has 0 unspecified atom stereocenters. The number of rotatable bonds is 4. The van der Waals surface area contributed by atoms with Crippen LogP contribution in [-0.4, -0.2) is 9.78 Å². The Morgan fingerprint density at radius 2 is 2.23 bits per heavy atom. The first-order valence-electron chi connectivity index (χ1n) is 4.62. The van der Waals surface area contributed by atoms with Crippen molar-refractivity contribution >= 4 is 11.6 Å². The number of hydrogen-bond acceptors (Lipinski definition) is 1. The summed E-state index contributed by atoms with van der Waals surface area (Å²) in [5, 5.41) is 4.44. The highest BCUT2D eigenvalue weighted by atomic mass is 35.5. The van der Waals surface area contributed by atoms with E-state index >= 15 is 0 Å². The molecule has 0 saturated carbocycles. The minimum Gasteiger partial charge on any atom is -0.265 e. The normalized spacial score (nSPS) is 11.3. The van der Waals surface area contributed by atoms with E-state index in [0.29, 0.717) is 0 Å². The lowest BCUT2D eigenvalue weighted by atomic mass is 10.3. The largest absolute Gasteiger partial charge is 0.265 e. The standard InChI is InChI=1S/C10H15ClN2/c1-3-9-8-10(4-2)13(12-9)7-5-6-11/h5-6,8H,3-4,7H2,1-2H3/b6-5+. The van der Waals surface area contributed by atoms with E-state index in [0.717, 1.165) is 25.1 Å². The van der Waals surface area contributed by atoms with Gasteiger partial charge in [0, 0.05) is 11.2 Å². The second-order valence-electron chi connectivity index (χ2n) is 2.88. The molecule has 0 fully saturated rings. The fraction of sp³-hybridized carbons (Fsp3) is 0.500. The van der Waals surface area contributed by atoms with E-state index in [1.165, 1.54) is 11.2 Å². The van der Waals surface area contributed by atoms with Crippen LogP contribution in [0.3, 0.4) is 0 Å². The van der Waals surface area contributed by atoms with Crippen LogP contribution in [0.1, 0.15) is 25.2 Å². The molecule has 0 atom stereocenters. The van der Waals surface area contributed by atoms with Crippen molar-refractivity contribution in [2.24, 2.45) is 0 Å². The zero-order chi connectivity index (χ0) is 9.68. The van der Waals surface area contributed by atoms with Gasteiger partial charge < -0.3 is 0 Å². The van der Waals surface area contributed by atoms with Gasteiger partial charge in [0.1, 0.15) is 0 Å². The van der Waals surface area contributed by atoms with Crippen LogP contribution < -0.4 is 0 Å². The summed E-state index contributed by atoms with van der Waals surface area (Å²) in [6, 6.07) is 2.15. The molecule has 0 saturated heterocycles. The molecule has 2 nitrogen and oxygen atoms in total. The van der Waals surface area contributed by atoms with Gasteiger partial charge in [0.2, 0.25) is 0 Å². The van der Waals surface area contributed by atoms with E-state index in [-0.39, 0.29) is 0 Å². The average Bonchev–Trinajstić information content (AvgIpc) is 2.57. The fourth-order valence-corrected chi connectivity index (χ4v) is 1.35. The van der Waals surface area contributed by atoms with Crippen molar-refractivity contribution in [3.05, 3.63) is 29.1 Å². The predicted octanol–water partition coefficient (Wildman–Crippen LogP) is 2.76. The van der Waals surface area contributed by atoms with E-state index in [2.05, 4.69) is 25.0 Å². The Morgan fingerprint density at radius 3 is 2.77 bits per heavy atom. The van der Waals surface area contributed by atoms with Crippen molar-refractivity contribution < 1.29 is 0 Å². The Labute approximate surface area is 84.2 Å². The molecule has 72 valence electrons. The summed E-state index contributed by atoms with van der Waals surface area (Å²) in [4.78, 5) is 0. The molecule has 0 amide bonds. The maximum atomic E-state index is 5.47. The van der Waals surface area contributed by atoms with E-state index in [4.69, 9.17) is 11.6 Å². The van der Waals surface area contributed by atoms with Crippen LogP contribution in [0.15, 0.2) is 17.7 Å². The van der Waals surface area contributed by atoms with Crippen LogP contribution in [-0.2, 0) is 19.4 Å². The molecule has 1 rings (SSSR count). The first kappa shape index (κ1) is 10.3. The van der Waals surface area contributed by atoms with Crippen molar-refractivity contribution in [3.8, 4) is 0 Å². The predicted molar refractivity (Wildman–Crippen MR) is 56.0 cm³/mol. The molecule has 0 aliphatic rings. The molecule has 0 aliphatic heterocycles. The zero-order valence-electron chi connectivity index (χ0n) is 8.13. The summed E-state index contributed by atoms with van der Waals surface area (Å²) < 4.78 is 2.00. The van der Waals surface area contributed by atoms with Gasteiger partial charge in [0.05, 0.1) is 12.2 Å². The maximum Gasteiger partial charge on any atom is 0.0624 e. The molecule has 13 heavy (non-hydrogen) atoms. The number of aryl methyl sites for hydroxylation is 2. The minimum absolute atomic E-state index is 0.771. The van der Waals surface area contributed by atoms with Gasteiger partial charge >= 0.3 is 0 Å². The topological polar surface area (TPSA) is 17.8 Å². The summed E-state index contributed by atoms with van der Waals surface area (Å²) >= 11 is 5.47. The summed E-state index contributed by atoms with van der Waals surface area (Å²) in [5.41, 5.74) is 3.96. The van der Waals surface area contributed by atoms with Gasteiger partial charge in [0.15, 0.2) is 0 Å². The lowest BCUT2D eigenvalue weighted by molar-refractivity contribution is 0.652. The Morgan fingerprint density at radius 1 is 1.46 bits per heavy atom. The molecule has 3 heteroatoms. The van der Waals surface area contributed by atoms with Gasteiger partial charge in [-0.25, -0.2) is 0 Å². The Hall–Kier alpha value is -0.760. The number of hydrogen-bond donors (Lipinski definition) is 0. The van der Waals surface area contributed by atoms with Crippen LogP contribution >= 0.6 is 11.6 Å². The van der Waals surface area contributed by atoms with Crippen LogP contribution in [0.5, 0.6) is 0 Å². The third kappa shape index (κ3) is 2.59. The molecule has 0 radical (unpaired) electrons. The molecular formula is C10H15ClN2. The second-order valence-corrected chi connectivity index (χ2v) is 3.13. The molecular weight excluding hydrogens is 184 g/mol. The lowest BCUT2D eigenvalue weighted by Gasteiger charge is -2.00. The van der Waals surface area contributed by atoms with Crippen molar-refractivity contribution in [1.82, 2.24) is 9.78 Å². The van der Waals surface area contributed by atoms with Crippen LogP contribution in [0, 0.1) is 0 Å². The van der Waals surface area contributed by atoms with E-state index < -0.39 is 0 Å². The minimum atomic E-state index is 0.771. The summed E-state index contributed by atoms with van der Waals surface area (Å²) in [6.45, 7) is 5.02. The first-order chi connectivity index (χ1) is 6.31. The summed E-state index contributed by atoms with van der Waals surface area (Å²) in [6.07, 6.45) is 3.90. The highest BCUT2D eigenvalue weighted by molar-refractivity contribution is 6.25. The van der Waals surface area contributed by atoms with Crippen molar-refractivity contribution in [2.75, 3.05) is 0 Å². The molecule has 0 aliphatic carbocycles. The van der Waals surface area contributed by atoms with Gasteiger partial charge in [-0.05, 0) is 18.9 Å². The monoisotopic (exact) mass is 198 g/mol. The molecule has 1 aromatic heterocycles. The Bertz CT molecular complexity index is 289. The van der Waals surface area contributed by atoms with Gasteiger partial charge in [-0.3, -0.25) is 4.68 Å². The second kappa shape index (κ2) is 5.07. The van der Waals surface area contributed by atoms with E-state index in [1.807, 2.05) is 10.8 Å². The van der Waals surface area contributed by atoms with Crippen molar-refractivity contribution in [3.63, 3.8) is 0 Å². The van der Waals surface area contributed by atoms with Gasteiger partial charge in [-0.1, -0.05) is 31.5 Å². The highest BCUT2D eigenvalue weighted by Gasteiger charge is 2.02. The Kier molecular flexibility index (Phi) is 4.03. The first-order valence-corrected chi connectivity index (χ1v) is 5.06. The summed E-state index contributed by atoms with van der Waals surface area (Å²) in [5.74, 6) is 0. The van der Waals surface area contributed by atoms with Crippen LogP contribution in [0.2, 0.25) is 0 Å². The third-order valence-electron chi connectivity index (χ3n) is 2.01. The van der Waals surface area contributed by atoms with Crippen LogP contribution in [0.25, 0.3) is 0 Å². The van der Waals surface area contributed by atoms with E-state index in [9.17, 15) is 0 Å². The SMILES string of the molecule is CCc1cc(CC)n(C/C=C/Cl)n1. The molecule has 1 aromatic rings. The van der Waals surface area contributed by atoms with Crippen molar-refractivity contribution in [1.29, 1.82) is 0 Å². The molecule has 0 aromatic carbocycles. The summed E-state index contributed by atoms with van der Waals surface area (Å²) in [7, 11) is 0. The average molecular weight is 199 g/mol. The van der Waals surface area contributed by atoms with Crippen molar-refractivity contribution in [2.45, 2.75) is 33.2 Å². The number of allylic oxidation sites excluding steroid dienone is 1. The maximum absolute atomic E-state index is 5.47. The lowest BCUT2D eigenvalue weighted by Crippen LogP contribution is -2.02. The molecule has 0 bridgehead atoms. The highest BCUT2D eigenvalue weighted by Crippen LogP contribution is 2.06.